The first-order valence-corrected chi connectivity index (χ1v) is 11.9. The largest absolute Gasteiger partial charge is 0.457 e. The number of carbonyl (C=O) groups excluding carboxylic acids is 1. The lowest BCUT2D eigenvalue weighted by atomic mass is 10.1. The summed E-state index contributed by atoms with van der Waals surface area (Å²) in [6, 6.07) is 21.2. The molecule has 0 unspecified atom stereocenters. The summed E-state index contributed by atoms with van der Waals surface area (Å²) >= 11 is 1.57. The van der Waals surface area contributed by atoms with Gasteiger partial charge in [0.15, 0.2) is 5.13 Å². The molecule has 0 N–H and O–H groups in total. The van der Waals surface area contributed by atoms with Crippen LogP contribution in [0, 0.1) is 13.8 Å². The van der Waals surface area contributed by atoms with Crippen molar-refractivity contribution in [1.29, 1.82) is 0 Å². The summed E-state index contributed by atoms with van der Waals surface area (Å²) in [5.74, 6) is 1.41. The Kier molecular flexibility index (Phi) is 7.06. The third-order valence-electron chi connectivity index (χ3n) is 5.54. The van der Waals surface area contributed by atoms with Crippen molar-refractivity contribution >= 4 is 32.6 Å². The Morgan fingerprint density at radius 1 is 0.909 bits per heavy atom. The fourth-order valence-electron chi connectivity index (χ4n) is 3.56. The molecule has 1 aromatic heterocycles. The molecule has 4 rings (SSSR count). The first-order valence-electron chi connectivity index (χ1n) is 11.1. The van der Waals surface area contributed by atoms with E-state index in [-0.39, 0.29) is 5.91 Å². The molecule has 0 bridgehead atoms. The van der Waals surface area contributed by atoms with Crippen molar-refractivity contribution in [1.82, 2.24) is 9.88 Å². The third-order valence-corrected chi connectivity index (χ3v) is 6.58. The molecule has 5 nitrogen and oxygen atoms in total. The lowest BCUT2D eigenvalue weighted by molar-refractivity contribution is 0.0986. The van der Waals surface area contributed by atoms with Gasteiger partial charge in [0, 0.05) is 12.1 Å². The van der Waals surface area contributed by atoms with Gasteiger partial charge in [-0.3, -0.25) is 9.69 Å². The summed E-state index contributed by atoms with van der Waals surface area (Å²) in [5.41, 5.74) is 4.00. The van der Waals surface area contributed by atoms with Gasteiger partial charge in [-0.1, -0.05) is 29.5 Å². The van der Waals surface area contributed by atoms with Gasteiger partial charge in [-0.25, -0.2) is 4.98 Å². The van der Waals surface area contributed by atoms with Crippen LogP contribution in [0.15, 0.2) is 66.7 Å². The topological polar surface area (TPSA) is 45.7 Å². The molecule has 0 aliphatic rings. The Morgan fingerprint density at radius 2 is 1.58 bits per heavy atom. The monoisotopic (exact) mass is 459 g/mol. The van der Waals surface area contributed by atoms with Gasteiger partial charge in [-0.05, 0) is 101 Å². The molecular formula is C27H29N3O2S. The standard InChI is InChI=1S/C27H29N3O2S/c1-19-17-24-25(18-20(19)2)33-27(28-24)30(16-8-15-29(3)4)26(31)21-11-13-23(14-12-21)32-22-9-6-5-7-10-22/h5-7,9-14,17-18H,8,15-16H2,1-4H3. The molecule has 1 heterocycles. The smallest absolute Gasteiger partial charge is 0.260 e. The van der Waals surface area contributed by atoms with Crippen molar-refractivity contribution in [2.45, 2.75) is 20.3 Å². The van der Waals surface area contributed by atoms with Gasteiger partial charge < -0.3 is 9.64 Å². The van der Waals surface area contributed by atoms with Gasteiger partial charge >= 0.3 is 0 Å². The molecule has 0 radical (unpaired) electrons. The maximum Gasteiger partial charge on any atom is 0.260 e. The van der Waals surface area contributed by atoms with Crippen LogP contribution in [0.5, 0.6) is 11.5 Å². The highest BCUT2D eigenvalue weighted by molar-refractivity contribution is 7.22. The number of benzene rings is 3. The Morgan fingerprint density at radius 3 is 2.27 bits per heavy atom. The molecule has 0 atom stereocenters. The summed E-state index contributed by atoms with van der Waals surface area (Å²) in [6.45, 7) is 5.70. The Bertz CT molecular complexity index is 1190. The summed E-state index contributed by atoms with van der Waals surface area (Å²) in [5, 5.41) is 0.739. The van der Waals surface area contributed by atoms with Crippen molar-refractivity contribution in [3.8, 4) is 11.5 Å². The minimum Gasteiger partial charge on any atom is -0.457 e. The predicted molar refractivity (Wildman–Crippen MR) is 137 cm³/mol. The van der Waals surface area contributed by atoms with E-state index in [1.165, 1.54) is 11.1 Å². The lowest BCUT2D eigenvalue weighted by Gasteiger charge is -2.21. The van der Waals surface area contributed by atoms with E-state index in [0.29, 0.717) is 17.9 Å². The van der Waals surface area contributed by atoms with Crippen molar-refractivity contribution in [3.05, 3.63) is 83.4 Å². The molecule has 3 aromatic carbocycles. The number of anilines is 1. The second-order valence-corrected chi connectivity index (χ2v) is 9.46. The normalized spacial score (nSPS) is 11.2. The number of hydrogen-bond donors (Lipinski definition) is 0. The molecule has 0 aliphatic carbocycles. The number of hydrogen-bond acceptors (Lipinski definition) is 5. The van der Waals surface area contributed by atoms with Crippen LogP contribution in [0.2, 0.25) is 0 Å². The SMILES string of the molecule is Cc1cc2nc(N(CCCN(C)C)C(=O)c3ccc(Oc4ccccc4)cc3)sc2cc1C. The van der Waals surface area contributed by atoms with Crippen LogP contribution in [0.4, 0.5) is 5.13 Å². The molecule has 4 aromatic rings. The van der Waals surface area contributed by atoms with E-state index >= 15 is 0 Å². The number of ether oxygens (including phenoxy) is 1. The van der Waals surface area contributed by atoms with E-state index in [9.17, 15) is 4.79 Å². The number of para-hydroxylation sites is 1. The van der Waals surface area contributed by atoms with Crippen molar-refractivity contribution in [2.75, 3.05) is 32.1 Å². The van der Waals surface area contributed by atoms with Gasteiger partial charge in [-0.2, -0.15) is 0 Å². The molecule has 1 amide bonds. The summed E-state index contributed by atoms with van der Waals surface area (Å²) in [6.07, 6.45) is 0.863. The van der Waals surface area contributed by atoms with Crippen LogP contribution >= 0.6 is 11.3 Å². The molecule has 6 heteroatoms. The Balaban J connectivity index is 1.59. The lowest BCUT2D eigenvalue weighted by Crippen LogP contribution is -2.33. The Labute approximate surface area is 199 Å². The highest BCUT2D eigenvalue weighted by Crippen LogP contribution is 2.32. The maximum absolute atomic E-state index is 13.5. The second-order valence-electron chi connectivity index (χ2n) is 8.45. The number of amides is 1. The van der Waals surface area contributed by atoms with Crippen LogP contribution in [0.3, 0.4) is 0 Å². The van der Waals surface area contributed by atoms with Gasteiger partial charge in [0.2, 0.25) is 0 Å². The van der Waals surface area contributed by atoms with E-state index in [4.69, 9.17) is 9.72 Å². The van der Waals surface area contributed by atoms with Crippen LogP contribution in [-0.2, 0) is 0 Å². The van der Waals surface area contributed by atoms with Crippen molar-refractivity contribution in [2.24, 2.45) is 0 Å². The van der Waals surface area contributed by atoms with Crippen LogP contribution < -0.4 is 9.64 Å². The quantitative estimate of drug-likeness (QED) is 0.310. The van der Waals surface area contributed by atoms with Crippen LogP contribution in [0.25, 0.3) is 10.2 Å². The average Bonchev–Trinajstić information content (AvgIpc) is 3.20. The highest BCUT2D eigenvalue weighted by atomic mass is 32.1. The van der Waals surface area contributed by atoms with Gasteiger partial charge in [0.25, 0.3) is 5.91 Å². The van der Waals surface area contributed by atoms with Crippen LogP contribution in [-0.4, -0.2) is 43.0 Å². The second kappa shape index (κ2) is 10.1. The summed E-state index contributed by atoms with van der Waals surface area (Å²) in [4.78, 5) is 22.3. The molecule has 33 heavy (non-hydrogen) atoms. The summed E-state index contributed by atoms with van der Waals surface area (Å²) < 4.78 is 6.97. The number of aryl methyl sites for hydroxylation is 2. The maximum atomic E-state index is 13.5. The van der Waals surface area contributed by atoms with E-state index in [0.717, 1.165) is 34.1 Å². The summed E-state index contributed by atoms with van der Waals surface area (Å²) in [7, 11) is 4.09. The molecule has 0 saturated carbocycles. The van der Waals surface area contributed by atoms with Crippen molar-refractivity contribution in [3.63, 3.8) is 0 Å². The van der Waals surface area contributed by atoms with Crippen LogP contribution in [0.1, 0.15) is 27.9 Å². The number of aromatic nitrogens is 1. The van der Waals surface area contributed by atoms with Crippen molar-refractivity contribution < 1.29 is 9.53 Å². The van der Waals surface area contributed by atoms with Gasteiger partial charge in [0.05, 0.1) is 10.2 Å². The fraction of sp³-hybridized carbons (Fsp3) is 0.259. The van der Waals surface area contributed by atoms with E-state index < -0.39 is 0 Å². The zero-order valence-corrected chi connectivity index (χ0v) is 20.4. The molecule has 170 valence electrons. The molecule has 0 spiro atoms. The molecule has 0 fully saturated rings. The van der Waals surface area contributed by atoms with E-state index in [1.54, 1.807) is 11.3 Å². The predicted octanol–water partition coefficient (Wildman–Crippen LogP) is 6.30. The fourth-order valence-corrected chi connectivity index (χ4v) is 4.63. The molecule has 0 saturated heterocycles. The highest BCUT2D eigenvalue weighted by Gasteiger charge is 2.21. The zero-order chi connectivity index (χ0) is 23.4. The number of carbonyl (C=O) groups is 1. The molecular weight excluding hydrogens is 430 g/mol. The number of rotatable bonds is 8. The zero-order valence-electron chi connectivity index (χ0n) is 19.5. The first kappa shape index (κ1) is 23.0. The molecule has 0 aliphatic heterocycles. The number of fused-ring (bicyclic) bond motifs is 1. The third kappa shape index (κ3) is 5.59. The van der Waals surface area contributed by atoms with Gasteiger partial charge in [-0.15, -0.1) is 0 Å². The number of nitrogens with zero attached hydrogens (tertiary/aromatic N) is 3. The first-order chi connectivity index (χ1) is 15.9. The average molecular weight is 460 g/mol. The minimum absolute atomic E-state index is 0.0486. The van der Waals surface area contributed by atoms with Gasteiger partial charge in [0.1, 0.15) is 11.5 Å². The van der Waals surface area contributed by atoms with E-state index in [1.807, 2.05) is 73.6 Å². The number of thiazole rings is 1. The Hall–Kier alpha value is -3.22. The van der Waals surface area contributed by atoms with E-state index in [2.05, 4.69) is 30.9 Å². The minimum atomic E-state index is -0.0486.